The van der Waals surface area contributed by atoms with Crippen molar-refractivity contribution < 1.29 is 14.7 Å². The molecule has 44 heavy (non-hydrogen) atoms. The largest absolute Gasteiger partial charge is 0.390 e. The number of likely N-dealkylation sites (tertiary alicyclic amines) is 1. The number of carbonyl (C=O) groups excluding carboxylic acids is 2. The maximum atomic E-state index is 13.2. The Labute approximate surface area is 259 Å². The zero-order chi connectivity index (χ0) is 31.4. The molecule has 2 aromatic heterocycles. The van der Waals surface area contributed by atoms with Gasteiger partial charge in [-0.15, -0.1) is 0 Å². The lowest BCUT2D eigenvalue weighted by Gasteiger charge is -2.30. The SMILES string of the molecule is CNC(=O)n1c(C)cc2cc(N(CCC(C)(C)O)c3ccnc(NC(=O)c4ccc(CN5CCC(C)CC5)cc4)c3)ccc21. The highest BCUT2D eigenvalue weighted by Gasteiger charge is 2.20. The molecule has 0 atom stereocenters. The van der Waals surface area contributed by atoms with Gasteiger partial charge in [0.15, 0.2) is 0 Å². The van der Waals surface area contributed by atoms with Gasteiger partial charge in [-0.25, -0.2) is 9.78 Å². The van der Waals surface area contributed by atoms with Crippen LogP contribution in [0, 0.1) is 12.8 Å². The summed E-state index contributed by atoms with van der Waals surface area (Å²) in [6.45, 7) is 11.5. The van der Waals surface area contributed by atoms with E-state index in [2.05, 4.69) is 32.3 Å². The number of pyridine rings is 1. The van der Waals surface area contributed by atoms with Crippen molar-refractivity contribution in [3.05, 3.63) is 83.7 Å². The summed E-state index contributed by atoms with van der Waals surface area (Å²) in [5, 5.41) is 17.1. The average molecular weight is 597 g/mol. The van der Waals surface area contributed by atoms with Crippen LogP contribution in [0.4, 0.5) is 22.0 Å². The molecule has 9 nitrogen and oxygen atoms in total. The monoisotopic (exact) mass is 596 g/mol. The number of rotatable bonds is 9. The van der Waals surface area contributed by atoms with Gasteiger partial charge >= 0.3 is 6.03 Å². The molecule has 2 aromatic carbocycles. The fourth-order valence-electron chi connectivity index (χ4n) is 5.77. The van der Waals surface area contributed by atoms with E-state index in [0.29, 0.717) is 24.3 Å². The number of piperidine rings is 1. The predicted octanol–water partition coefficient (Wildman–Crippen LogP) is 6.32. The first-order valence-electron chi connectivity index (χ1n) is 15.4. The molecule has 3 N–H and O–H groups in total. The number of amides is 2. The molecule has 1 fully saturated rings. The van der Waals surface area contributed by atoms with E-state index in [9.17, 15) is 14.7 Å². The molecule has 232 valence electrons. The van der Waals surface area contributed by atoms with E-state index in [1.165, 1.54) is 18.4 Å². The van der Waals surface area contributed by atoms with Gasteiger partial charge in [0.1, 0.15) is 5.82 Å². The number of nitrogens with one attached hydrogen (secondary N) is 2. The molecule has 1 aliphatic rings. The Morgan fingerprint density at radius 3 is 2.41 bits per heavy atom. The molecule has 0 saturated carbocycles. The van der Waals surface area contributed by atoms with Crippen LogP contribution in [-0.4, -0.2) is 63.8 Å². The quantitative estimate of drug-likeness (QED) is 0.209. The van der Waals surface area contributed by atoms with Crippen molar-refractivity contribution in [2.45, 2.75) is 59.1 Å². The van der Waals surface area contributed by atoms with Gasteiger partial charge in [0.05, 0.1) is 11.1 Å². The number of hydrogen-bond acceptors (Lipinski definition) is 6. The van der Waals surface area contributed by atoms with Crippen LogP contribution in [0.5, 0.6) is 0 Å². The lowest BCUT2D eigenvalue weighted by molar-refractivity contribution is 0.0737. The number of nitrogens with zero attached hydrogens (tertiary/aromatic N) is 4. The molecule has 5 rings (SSSR count). The van der Waals surface area contributed by atoms with E-state index in [0.717, 1.165) is 53.5 Å². The highest BCUT2D eigenvalue weighted by Crippen LogP contribution is 2.32. The standard InChI is InChI=1S/C35H44N6O3/c1-24-13-17-39(18-14-24)23-26-6-8-27(9-7-26)33(42)38-32-22-30(12-16-37-32)40(19-15-35(3,4)44)29-10-11-31-28(21-29)20-25(2)41(31)34(43)36-5/h6-12,16,20-22,24,44H,13-15,17-19,23H2,1-5H3,(H,36,43)(H,37,38,42). The Bertz CT molecular complexity index is 1610. The Kier molecular flexibility index (Phi) is 9.36. The second kappa shape index (κ2) is 13.2. The summed E-state index contributed by atoms with van der Waals surface area (Å²) in [6, 6.07) is 19.3. The van der Waals surface area contributed by atoms with Gasteiger partial charge < -0.3 is 20.6 Å². The fraction of sp³-hybridized carbons (Fsp3) is 0.400. The first-order valence-corrected chi connectivity index (χ1v) is 15.4. The van der Waals surface area contributed by atoms with Crippen LogP contribution >= 0.6 is 0 Å². The molecule has 0 aliphatic carbocycles. The smallest absolute Gasteiger partial charge is 0.325 e. The summed E-state index contributed by atoms with van der Waals surface area (Å²) < 4.78 is 1.65. The number of aliphatic hydroxyl groups is 1. The normalized spacial score (nSPS) is 14.5. The lowest BCUT2D eigenvalue weighted by Crippen LogP contribution is -2.32. The molecule has 1 aliphatic heterocycles. The lowest BCUT2D eigenvalue weighted by atomic mass is 9.99. The summed E-state index contributed by atoms with van der Waals surface area (Å²) >= 11 is 0. The van der Waals surface area contributed by atoms with E-state index in [4.69, 9.17) is 0 Å². The third-order valence-corrected chi connectivity index (χ3v) is 8.44. The maximum absolute atomic E-state index is 13.2. The summed E-state index contributed by atoms with van der Waals surface area (Å²) in [4.78, 5) is 34.6. The third-order valence-electron chi connectivity index (χ3n) is 8.44. The van der Waals surface area contributed by atoms with Crippen LogP contribution < -0.4 is 15.5 Å². The number of carbonyl (C=O) groups is 2. The topological polar surface area (TPSA) is 103 Å². The molecule has 1 saturated heterocycles. The van der Waals surface area contributed by atoms with Crippen LogP contribution in [0.2, 0.25) is 0 Å². The second-order valence-electron chi connectivity index (χ2n) is 12.6. The molecular formula is C35H44N6O3. The van der Waals surface area contributed by atoms with E-state index >= 15 is 0 Å². The van der Waals surface area contributed by atoms with Crippen LogP contribution in [0.3, 0.4) is 0 Å². The van der Waals surface area contributed by atoms with Crippen molar-refractivity contribution in [2.75, 3.05) is 36.9 Å². The van der Waals surface area contributed by atoms with Crippen molar-refractivity contribution >= 4 is 40.0 Å². The van der Waals surface area contributed by atoms with Crippen molar-refractivity contribution in [1.82, 2.24) is 19.8 Å². The molecule has 0 bridgehead atoms. The molecule has 0 spiro atoms. The summed E-state index contributed by atoms with van der Waals surface area (Å²) in [5.41, 5.74) is 4.29. The highest BCUT2D eigenvalue weighted by atomic mass is 16.3. The third kappa shape index (κ3) is 7.46. The van der Waals surface area contributed by atoms with Gasteiger partial charge in [-0.2, -0.15) is 0 Å². The van der Waals surface area contributed by atoms with E-state index in [1.807, 2.05) is 67.6 Å². The molecule has 9 heteroatoms. The van der Waals surface area contributed by atoms with Crippen molar-refractivity contribution in [3.8, 4) is 0 Å². The molecule has 3 heterocycles. The van der Waals surface area contributed by atoms with Crippen LogP contribution in [0.1, 0.15) is 61.6 Å². The Morgan fingerprint density at radius 2 is 1.73 bits per heavy atom. The zero-order valence-electron chi connectivity index (χ0n) is 26.4. The molecular weight excluding hydrogens is 552 g/mol. The van der Waals surface area contributed by atoms with Gasteiger partial charge in [0.25, 0.3) is 5.91 Å². The highest BCUT2D eigenvalue weighted by molar-refractivity contribution is 6.04. The summed E-state index contributed by atoms with van der Waals surface area (Å²) in [7, 11) is 1.62. The number of hydrogen-bond donors (Lipinski definition) is 3. The van der Waals surface area contributed by atoms with E-state index < -0.39 is 5.60 Å². The number of fused-ring (bicyclic) bond motifs is 1. The van der Waals surface area contributed by atoms with Crippen LogP contribution in [-0.2, 0) is 6.54 Å². The Hall–Kier alpha value is -4.21. The van der Waals surface area contributed by atoms with Gasteiger partial charge in [0, 0.05) is 60.4 Å². The zero-order valence-corrected chi connectivity index (χ0v) is 26.4. The van der Waals surface area contributed by atoms with Gasteiger partial charge in [-0.3, -0.25) is 14.3 Å². The molecule has 0 radical (unpaired) electrons. The molecule has 0 unspecified atom stereocenters. The van der Waals surface area contributed by atoms with E-state index in [1.54, 1.807) is 31.7 Å². The minimum Gasteiger partial charge on any atom is -0.390 e. The minimum atomic E-state index is -0.871. The summed E-state index contributed by atoms with van der Waals surface area (Å²) in [6.07, 6.45) is 4.66. The number of anilines is 3. The van der Waals surface area contributed by atoms with Gasteiger partial charge in [0.2, 0.25) is 0 Å². The average Bonchev–Trinajstić information content (AvgIpc) is 3.33. The summed E-state index contributed by atoms with van der Waals surface area (Å²) in [5.74, 6) is 1.02. The van der Waals surface area contributed by atoms with Gasteiger partial charge in [-0.1, -0.05) is 19.1 Å². The maximum Gasteiger partial charge on any atom is 0.325 e. The molecule has 2 amide bonds. The molecule has 4 aromatic rings. The van der Waals surface area contributed by atoms with Crippen LogP contribution in [0.25, 0.3) is 10.9 Å². The number of aromatic nitrogens is 2. The number of aryl methyl sites for hydroxylation is 1. The van der Waals surface area contributed by atoms with Crippen molar-refractivity contribution in [3.63, 3.8) is 0 Å². The second-order valence-corrected chi connectivity index (χ2v) is 12.6. The van der Waals surface area contributed by atoms with Crippen molar-refractivity contribution in [2.24, 2.45) is 5.92 Å². The first kappa shape index (κ1) is 31.2. The fourth-order valence-corrected chi connectivity index (χ4v) is 5.77. The minimum absolute atomic E-state index is 0.190. The Morgan fingerprint density at radius 1 is 1.02 bits per heavy atom. The predicted molar refractivity (Wildman–Crippen MR) is 177 cm³/mol. The van der Waals surface area contributed by atoms with Crippen molar-refractivity contribution in [1.29, 1.82) is 0 Å². The Balaban J connectivity index is 1.35. The van der Waals surface area contributed by atoms with E-state index in [-0.39, 0.29) is 11.9 Å². The first-order chi connectivity index (χ1) is 21.0. The number of benzene rings is 2. The van der Waals surface area contributed by atoms with Gasteiger partial charge in [-0.05, 0) is 107 Å². The van der Waals surface area contributed by atoms with Crippen LogP contribution in [0.15, 0.2) is 66.9 Å².